The molecule has 1 aromatic carbocycles. The van der Waals surface area contributed by atoms with E-state index in [9.17, 15) is 4.79 Å². The number of hydrogen-bond acceptors (Lipinski definition) is 2. The molecule has 0 fully saturated rings. The summed E-state index contributed by atoms with van der Waals surface area (Å²) in [6, 6.07) is 6.47. The van der Waals surface area contributed by atoms with Gasteiger partial charge in [0.05, 0.1) is 0 Å². The molecule has 0 radical (unpaired) electrons. The smallest absolute Gasteiger partial charge is 0.254 e. The Hall–Kier alpha value is -1.35. The van der Waals surface area contributed by atoms with Crippen molar-refractivity contribution in [2.24, 2.45) is 0 Å². The minimum atomic E-state index is 0.219. The lowest BCUT2D eigenvalue weighted by Crippen LogP contribution is -2.40. The maximum Gasteiger partial charge on any atom is 0.254 e. The first-order valence-electron chi connectivity index (χ1n) is 8.31. The predicted octanol–water partition coefficient (Wildman–Crippen LogP) is 3.37. The van der Waals surface area contributed by atoms with Crippen LogP contribution in [-0.4, -0.2) is 29.9 Å². The lowest BCUT2D eigenvalue weighted by atomic mass is 9.94. The fourth-order valence-corrected chi connectivity index (χ4v) is 2.96. The zero-order valence-corrected chi connectivity index (χ0v) is 13.6. The molecule has 1 heterocycles. The van der Waals surface area contributed by atoms with Crippen LogP contribution in [0.4, 0.5) is 0 Å². The van der Waals surface area contributed by atoms with Crippen LogP contribution in [0, 0.1) is 0 Å². The second-order valence-electron chi connectivity index (χ2n) is 5.98. The third kappa shape index (κ3) is 3.65. The topological polar surface area (TPSA) is 32.3 Å². The molecule has 0 saturated heterocycles. The van der Waals surface area contributed by atoms with E-state index in [1.165, 1.54) is 11.1 Å². The quantitative estimate of drug-likeness (QED) is 0.870. The monoisotopic (exact) mass is 288 g/mol. The second kappa shape index (κ2) is 7.60. The van der Waals surface area contributed by atoms with E-state index in [2.05, 4.69) is 37.1 Å². The highest BCUT2D eigenvalue weighted by Crippen LogP contribution is 2.21. The second-order valence-corrected chi connectivity index (χ2v) is 5.98. The van der Waals surface area contributed by atoms with Crippen molar-refractivity contribution in [3.05, 3.63) is 34.9 Å². The number of nitrogens with one attached hydrogen (secondary N) is 1. The number of nitrogens with zero attached hydrogens (tertiary/aromatic N) is 1. The van der Waals surface area contributed by atoms with Crippen molar-refractivity contribution in [2.45, 2.75) is 59.0 Å². The molecule has 21 heavy (non-hydrogen) atoms. The predicted molar refractivity (Wildman–Crippen MR) is 87.6 cm³/mol. The van der Waals surface area contributed by atoms with Gasteiger partial charge in [-0.05, 0) is 49.9 Å². The molecule has 3 heteroatoms. The van der Waals surface area contributed by atoms with E-state index in [0.717, 1.165) is 50.9 Å². The molecular weight excluding hydrogens is 260 g/mol. The van der Waals surface area contributed by atoms with E-state index in [1.807, 2.05) is 12.1 Å². The summed E-state index contributed by atoms with van der Waals surface area (Å²) >= 11 is 0. The molecule has 1 aliphatic rings. The lowest BCUT2D eigenvalue weighted by Gasteiger charge is -2.30. The van der Waals surface area contributed by atoms with Crippen LogP contribution in [0.25, 0.3) is 0 Å². The first-order valence-corrected chi connectivity index (χ1v) is 8.31. The maximum atomic E-state index is 13.0. The third-order valence-corrected chi connectivity index (χ3v) is 4.51. The van der Waals surface area contributed by atoms with Gasteiger partial charge in [-0.3, -0.25) is 4.79 Å². The van der Waals surface area contributed by atoms with Crippen LogP contribution >= 0.6 is 0 Å². The summed E-state index contributed by atoms with van der Waals surface area (Å²) in [6.07, 6.45) is 4.16. The van der Waals surface area contributed by atoms with Gasteiger partial charge < -0.3 is 10.2 Å². The number of rotatable bonds is 6. The van der Waals surface area contributed by atoms with Crippen molar-refractivity contribution < 1.29 is 4.79 Å². The van der Waals surface area contributed by atoms with Crippen molar-refractivity contribution >= 4 is 5.91 Å². The van der Waals surface area contributed by atoms with Crippen LogP contribution in [0.15, 0.2) is 18.2 Å². The molecule has 0 saturated carbocycles. The van der Waals surface area contributed by atoms with Crippen LogP contribution in [0.5, 0.6) is 0 Å². The number of carbonyl (C=O) groups is 1. The molecule has 0 aromatic heterocycles. The molecule has 2 rings (SSSR count). The van der Waals surface area contributed by atoms with Crippen LogP contribution in [0.1, 0.15) is 61.5 Å². The number of hydrogen-bond donors (Lipinski definition) is 1. The molecule has 1 N–H and O–H groups in total. The highest BCUT2D eigenvalue weighted by atomic mass is 16.2. The Kier molecular flexibility index (Phi) is 5.80. The third-order valence-electron chi connectivity index (χ3n) is 4.51. The van der Waals surface area contributed by atoms with Gasteiger partial charge in [0.25, 0.3) is 5.91 Å². The molecular formula is C18H28N2O. The Morgan fingerprint density at radius 1 is 1.38 bits per heavy atom. The average molecular weight is 288 g/mol. The molecule has 116 valence electrons. The Labute approximate surface area is 128 Å². The van der Waals surface area contributed by atoms with Crippen molar-refractivity contribution in [3.8, 4) is 0 Å². The standard InChI is InChI=1S/C18H28N2O/c1-4-6-12-20(14(3)5-2)18(21)17-9-7-8-15-13-19-11-10-16(15)17/h7-9,14,19H,4-6,10-13H2,1-3H3. The molecule has 1 amide bonds. The number of benzene rings is 1. The summed E-state index contributed by atoms with van der Waals surface area (Å²) < 4.78 is 0. The molecule has 0 aliphatic carbocycles. The highest BCUT2D eigenvalue weighted by Gasteiger charge is 2.24. The fourth-order valence-electron chi connectivity index (χ4n) is 2.96. The Morgan fingerprint density at radius 3 is 2.90 bits per heavy atom. The Bertz CT molecular complexity index is 484. The van der Waals surface area contributed by atoms with Gasteiger partial charge in [0, 0.05) is 24.7 Å². The zero-order valence-electron chi connectivity index (χ0n) is 13.6. The molecule has 0 spiro atoms. The number of fused-ring (bicyclic) bond motifs is 1. The summed E-state index contributed by atoms with van der Waals surface area (Å²) in [5, 5.41) is 3.38. The fraction of sp³-hybridized carbons (Fsp3) is 0.611. The molecule has 1 unspecified atom stereocenters. The highest BCUT2D eigenvalue weighted by molar-refractivity contribution is 5.96. The Balaban J connectivity index is 2.28. The zero-order chi connectivity index (χ0) is 15.2. The minimum Gasteiger partial charge on any atom is -0.336 e. The van der Waals surface area contributed by atoms with E-state index in [4.69, 9.17) is 0 Å². The van der Waals surface area contributed by atoms with Crippen LogP contribution in [0.2, 0.25) is 0 Å². The van der Waals surface area contributed by atoms with Gasteiger partial charge in [-0.2, -0.15) is 0 Å². The maximum absolute atomic E-state index is 13.0. The van der Waals surface area contributed by atoms with Crippen LogP contribution < -0.4 is 5.32 Å². The molecule has 3 nitrogen and oxygen atoms in total. The lowest BCUT2D eigenvalue weighted by molar-refractivity contribution is 0.0684. The summed E-state index contributed by atoms with van der Waals surface area (Å²) in [5.74, 6) is 0.219. The first kappa shape index (κ1) is 16.0. The molecule has 0 bridgehead atoms. The average Bonchev–Trinajstić information content (AvgIpc) is 2.54. The first-order chi connectivity index (χ1) is 10.2. The SMILES string of the molecule is CCCCN(C(=O)c1cccc2c1CCNC2)C(C)CC. The van der Waals surface area contributed by atoms with E-state index in [0.29, 0.717) is 6.04 Å². The van der Waals surface area contributed by atoms with Gasteiger partial charge in [-0.15, -0.1) is 0 Å². The van der Waals surface area contributed by atoms with Crippen molar-refractivity contribution in [2.75, 3.05) is 13.1 Å². The van der Waals surface area contributed by atoms with Gasteiger partial charge in [0.1, 0.15) is 0 Å². The minimum absolute atomic E-state index is 0.219. The van der Waals surface area contributed by atoms with Gasteiger partial charge in [0.15, 0.2) is 0 Å². The summed E-state index contributed by atoms with van der Waals surface area (Å²) in [4.78, 5) is 15.1. The normalized spacial score (nSPS) is 15.4. The number of unbranched alkanes of at least 4 members (excludes halogenated alkanes) is 1. The summed E-state index contributed by atoms with van der Waals surface area (Å²) in [5.41, 5.74) is 3.46. The van der Waals surface area contributed by atoms with Crippen molar-refractivity contribution in [3.63, 3.8) is 0 Å². The van der Waals surface area contributed by atoms with E-state index < -0.39 is 0 Å². The van der Waals surface area contributed by atoms with E-state index in [1.54, 1.807) is 0 Å². The van der Waals surface area contributed by atoms with Crippen LogP contribution in [-0.2, 0) is 13.0 Å². The van der Waals surface area contributed by atoms with E-state index in [-0.39, 0.29) is 5.91 Å². The molecule has 1 aliphatic heterocycles. The van der Waals surface area contributed by atoms with Gasteiger partial charge in [0.2, 0.25) is 0 Å². The number of carbonyl (C=O) groups excluding carboxylic acids is 1. The van der Waals surface area contributed by atoms with Gasteiger partial charge >= 0.3 is 0 Å². The van der Waals surface area contributed by atoms with Crippen molar-refractivity contribution in [1.29, 1.82) is 0 Å². The van der Waals surface area contributed by atoms with Crippen molar-refractivity contribution in [1.82, 2.24) is 10.2 Å². The van der Waals surface area contributed by atoms with Gasteiger partial charge in [-0.1, -0.05) is 32.4 Å². The summed E-state index contributed by atoms with van der Waals surface area (Å²) in [7, 11) is 0. The van der Waals surface area contributed by atoms with Crippen LogP contribution in [0.3, 0.4) is 0 Å². The van der Waals surface area contributed by atoms with E-state index >= 15 is 0 Å². The Morgan fingerprint density at radius 2 is 2.19 bits per heavy atom. The molecule has 1 atom stereocenters. The van der Waals surface area contributed by atoms with Gasteiger partial charge in [-0.25, -0.2) is 0 Å². The molecule has 1 aromatic rings. The number of amides is 1. The largest absolute Gasteiger partial charge is 0.336 e. The summed E-state index contributed by atoms with van der Waals surface area (Å²) in [6.45, 7) is 9.21.